The van der Waals surface area contributed by atoms with Crippen LogP contribution in [0.3, 0.4) is 0 Å². The monoisotopic (exact) mass is 268 g/mol. The second kappa shape index (κ2) is 4.86. The Hall–Kier alpha value is -1.54. The van der Waals surface area contributed by atoms with Crippen LogP contribution in [0.15, 0.2) is 24.3 Å². The predicted molar refractivity (Wildman–Crippen MR) is 65.4 cm³/mol. The lowest BCUT2D eigenvalue weighted by molar-refractivity contribution is -0.137. The summed E-state index contributed by atoms with van der Waals surface area (Å²) in [5.41, 5.74) is -0.669. The van der Waals surface area contributed by atoms with Crippen molar-refractivity contribution in [2.75, 3.05) is 6.54 Å². The van der Waals surface area contributed by atoms with E-state index in [4.69, 9.17) is 0 Å². The van der Waals surface area contributed by atoms with Crippen molar-refractivity contribution in [3.63, 3.8) is 0 Å². The molecule has 2 nitrogen and oxygen atoms in total. The van der Waals surface area contributed by atoms with Gasteiger partial charge >= 0.3 is 6.18 Å². The zero-order chi connectivity index (χ0) is 14.1. The Bertz CT molecular complexity index is 487. The second-order valence-corrected chi connectivity index (χ2v) is 5.08. The molecule has 0 saturated carbocycles. The molecule has 2 rings (SSSR count). The van der Waals surface area contributed by atoms with Crippen molar-refractivity contribution in [1.29, 1.82) is 5.26 Å². The molecule has 1 aliphatic heterocycles. The van der Waals surface area contributed by atoms with Crippen LogP contribution in [0, 0.1) is 11.3 Å². The summed E-state index contributed by atoms with van der Waals surface area (Å²) in [6.45, 7) is 2.69. The second-order valence-electron chi connectivity index (χ2n) is 5.08. The van der Waals surface area contributed by atoms with Crippen LogP contribution in [0.5, 0.6) is 0 Å². The van der Waals surface area contributed by atoms with Gasteiger partial charge in [-0.05, 0) is 44.0 Å². The zero-order valence-electron chi connectivity index (χ0n) is 10.6. The van der Waals surface area contributed by atoms with E-state index in [9.17, 15) is 18.4 Å². The molecule has 1 aromatic carbocycles. The highest BCUT2D eigenvalue weighted by Gasteiger charge is 2.37. The van der Waals surface area contributed by atoms with Crippen LogP contribution in [-0.4, -0.2) is 12.6 Å². The first-order valence-electron chi connectivity index (χ1n) is 6.20. The van der Waals surface area contributed by atoms with Gasteiger partial charge in [-0.1, -0.05) is 12.1 Å². The summed E-state index contributed by atoms with van der Waals surface area (Å²) in [6.07, 6.45) is -3.09. The number of alkyl halides is 3. The van der Waals surface area contributed by atoms with Gasteiger partial charge in [0.15, 0.2) is 0 Å². The van der Waals surface area contributed by atoms with Gasteiger partial charge in [-0.15, -0.1) is 0 Å². The lowest BCUT2D eigenvalue weighted by atomic mass is 9.72. The third-order valence-electron chi connectivity index (χ3n) is 3.68. The average molecular weight is 268 g/mol. The van der Waals surface area contributed by atoms with E-state index >= 15 is 0 Å². The SMILES string of the molecule is CC1CC(C#N)(c2ccc(C(F)(F)F)cc2)CCN1. The molecule has 19 heavy (non-hydrogen) atoms. The van der Waals surface area contributed by atoms with Gasteiger partial charge in [0, 0.05) is 6.04 Å². The molecular formula is C14H15F3N2. The number of piperidine rings is 1. The zero-order valence-corrected chi connectivity index (χ0v) is 10.6. The minimum absolute atomic E-state index is 0.190. The van der Waals surface area contributed by atoms with E-state index in [1.807, 2.05) is 6.92 Å². The Balaban J connectivity index is 2.32. The molecule has 0 bridgehead atoms. The molecule has 1 saturated heterocycles. The van der Waals surface area contributed by atoms with Crippen LogP contribution in [0.4, 0.5) is 13.2 Å². The Labute approximate surface area is 110 Å². The van der Waals surface area contributed by atoms with Crippen LogP contribution in [0.25, 0.3) is 0 Å². The first kappa shape index (κ1) is 13.9. The fraction of sp³-hybridized carbons (Fsp3) is 0.500. The van der Waals surface area contributed by atoms with E-state index in [1.54, 1.807) is 0 Å². The van der Waals surface area contributed by atoms with E-state index in [0.717, 1.165) is 12.1 Å². The highest BCUT2D eigenvalue weighted by atomic mass is 19.4. The van der Waals surface area contributed by atoms with Crippen molar-refractivity contribution in [2.45, 2.75) is 37.4 Å². The number of nitrogens with one attached hydrogen (secondary N) is 1. The molecule has 2 unspecified atom stereocenters. The largest absolute Gasteiger partial charge is 0.416 e. The fourth-order valence-corrected chi connectivity index (χ4v) is 2.64. The van der Waals surface area contributed by atoms with Crippen molar-refractivity contribution in [1.82, 2.24) is 5.32 Å². The van der Waals surface area contributed by atoms with Crippen LogP contribution >= 0.6 is 0 Å². The third-order valence-corrected chi connectivity index (χ3v) is 3.68. The molecule has 1 fully saturated rings. The summed E-state index contributed by atoms with van der Waals surface area (Å²) in [6, 6.07) is 7.47. The summed E-state index contributed by atoms with van der Waals surface area (Å²) >= 11 is 0. The Kier molecular flexibility index (Phi) is 3.55. The molecule has 1 heterocycles. The molecule has 0 radical (unpaired) electrons. The summed E-state index contributed by atoms with van der Waals surface area (Å²) in [7, 11) is 0. The Morgan fingerprint density at radius 2 is 1.95 bits per heavy atom. The van der Waals surface area contributed by atoms with Crippen molar-refractivity contribution in [3.05, 3.63) is 35.4 Å². The lowest BCUT2D eigenvalue weighted by Gasteiger charge is -2.35. The summed E-state index contributed by atoms with van der Waals surface area (Å²) in [4.78, 5) is 0. The molecule has 1 aromatic rings. The summed E-state index contributed by atoms with van der Waals surface area (Å²) in [5.74, 6) is 0. The van der Waals surface area contributed by atoms with E-state index in [1.165, 1.54) is 12.1 Å². The van der Waals surface area contributed by atoms with Gasteiger partial charge in [-0.3, -0.25) is 0 Å². The van der Waals surface area contributed by atoms with Crippen LogP contribution in [0.1, 0.15) is 30.9 Å². The topological polar surface area (TPSA) is 35.8 Å². The first-order valence-corrected chi connectivity index (χ1v) is 6.20. The first-order chi connectivity index (χ1) is 8.87. The van der Waals surface area contributed by atoms with E-state index in [2.05, 4.69) is 11.4 Å². The van der Waals surface area contributed by atoms with Crippen LogP contribution < -0.4 is 5.32 Å². The predicted octanol–water partition coefficient (Wildman–Crippen LogP) is 3.24. The molecule has 1 aliphatic rings. The quantitative estimate of drug-likeness (QED) is 0.848. The van der Waals surface area contributed by atoms with Crippen molar-refractivity contribution < 1.29 is 13.2 Å². The number of halogens is 3. The van der Waals surface area contributed by atoms with Crippen molar-refractivity contribution in [2.24, 2.45) is 0 Å². The molecule has 0 aliphatic carbocycles. The third kappa shape index (κ3) is 2.74. The maximum absolute atomic E-state index is 12.5. The van der Waals surface area contributed by atoms with Gasteiger partial charge in [0.2, 0.25) is 0 Å². The highest BCUT2D eigenvalue weighted by molar-refractivity contribution is 5.36. The fourth-order valence-electron chi connectivity index (χ4n) is 2.64. The molecule has 0 aromatic heterocycles. The van der Waals surface area contributed by atoms with Gasteiger partial charge in [-0.25, -0.2) is 0 Å². The number of benzene rings is 1. The molecule has 5 heteroatoms. The molecule has 0 spiro atoms. The molecule has 1 N–H and O–H groups in total. The standard InChI is InChI=1S/C14H15F3N2/c1-10-8-13(9-18,6-7-19-10)11-2-4-12(5-3-11)14(15,16)17/h2-5,10,19H,6-8H2,1H3. The van der Waals surface area contributed by atoms with E-state index in [0.29, 0.717) is 24.9 Å². The lowest BCUT2D eigenvalue weighted by Crippen LogP contribution is -2.44. The molecular weight excluding hydrogens is 253 g/mol. The average Bonchev–Trinajstić information content (AvgIpc) is 2.38. The molecule has 102 valence electrons. The summed E-state index contributed by atoms with van der Waals surface area (Å²) in [5, 5.41) is 12.7. The number of rotatable bonds is 1. The highest BCUT2D eigenvalue weighted by Crippen LogP contribution is 2.36. The summed E-state index contributed by atoms with van der Waals surface area (Å²) < 4.78 is 37.6. The van der Waals surface area contributed by atoms with Gasteiger partial charge in [0.05, 0.1) is 17.0 Å². The molecule has 2 atom stereocenters. The number of nitriles is 1. The minimum Gasteiger partial charge on any atom is -0.314 e. The van der Waals surface area contributed by atoms with E-state index in [-0.39, 0.29) is 6.04 Å². The Morgan fingerprint density at radius 1 is 1.32 bits per heavy atom. The van der Waals surface area contributed by atoms with Crippen LogP contribution in [0.2, 0.25) is 0 Å². The van der Waals surface area contributed by atoms with Gasteiger partial charge in [0.25, 0.3) is 0 Å². The van der Waals surface area contributed by atoms with Crippen LogP contribution in [-0.2, 0) is 11.6 Å². The number of hydrogen-bond acceptors (Lipinski definition) is 2. The maximum Gasteiger partial charge on any atom is 0.416 e. The van der Waals surface area contributed by atoms with Gasteiger partial charge in [-0.2, -0.15) is 18.4 Å². The number of nitrogens with zero attached hydrogens (tertiary/aromatic N) is 1. The van der Waals surface area contributed by atoms with Crippen molar-refractivity contribution in [3.8, 4) is 6.07 Å². The molecule has 0 amide bonds. The smallest absolute Gasteiger partial charge is 0.314 e. The van der Waals surface area contributed by atoms with Crippen molar-refractivity contribution >= 4 is 0 Å². The number of hydrogen-bond donors (Lipinski definition) is 1. The minimum atomic E-state index is -4.33. The maximum atomic E-state index is 12.5. The van der Waals surface area contributed by atoms with E-state index < -0.39 is 17.2 Å². The van der Waals surface area contributed by atoms with Gasteiger partial charge in [0.1, 0.15) is 0 Å². The van der Waals surface area contributed by atoms with Gasteiger partial charge < -0.3 is 5.32 Å². The Morgan fingerprint density at radius 3 is 2.42 bits per heavy atom. The normalized spacial score (nSPS) is 27.8.